The van der Waals surface area contributed by atoms with Crippen molar-refractivity contribution in [3.8, 4) is 0 Å². The van der Waals surface area contributed by atoms with Crippen molar-refractivity contribution >= 4 is 11.9 Å². The predicted molar refractivity (Wildman–Crippen MR) is 62.2 cm³/mol. The number of β-amino-alcohol motifs (C(OH)–C–C–N with tert-alkyl or cyclic N) is 1. The highest BCUT2D eigenvalue weighted by atomic mass is 16.5. The largest absolute Gasteiger partial charge is 0.467 e. The zero-order valence-electron chi connectivity index (χ0n) is 10.7. The normalized spacial score (nSPS) is 24.2. The molecule has 5 nitrogen and oxygen atoms in total. The lowest BCUT2D eigenvalue weighted by Gasteiger charge is -2.22. The van der Waals surface area contributed by atoms with E-state index in [1.54, 1.807) is 0 Å². The van der Waals surface area contributed by atoms with Crippen LogP contribution in [-0.4, -0.2) is 47.7 Å². The molecule has 2 atom stereocenters. The minimum Gasteiger partial charge on any atom is -0.467 e. The van der Waals surface area contributed by atoms with Crippen LogP contribution in [0.3, 0.4) is 0 Å². The highest BCUT2D eigenvalue weighted by molar-refractivity contribution is 5.85. The van der Waals surface area contributed by atoms with Gasteiger partial charge in [0.15, 0.2) is 0 Å². The topological polar surface area (TPSA) is 66.8 Å². The van der Waals surface area contributed by atoms with Gasteiger partial charge in [0.1, 0.15) is 6.04 Å². The van der Waals surface area contributed by atoms with Crippen LogP contribution >= 0.6 is 0 Å². The summed E-state index contributed by atoms with van der Waals surface area (Å²) in [4.78, 5) is 24.9. The van der Waals surface area contributed by atoms with Gasteiger partial charge in [-0.3, -0.25) is 4.79 Å². The first-order valence-electron chi connectivity index (χ1n) is 6.01. The average Bonchev–Trinajstić information content (AvgIpc) is 2.67. The number of amides is 1. The van der Waals surface area contributed by atoms with Crippen LogP contribution in [0.1, 0.15) is 33.1 Å². The molecule has 0 bridgehead atoms. The number of hydrogen-bond acceptors (Lipinski definition) is 4. The minimum atomic E-state index is -0.623. The standard InChI is InChI=1S/C12H21NO4/c1-8(2)4-5-11(15)13-7-9(14)6-10(13)12(16)17-3/h8-10,14H,4-7H2,1-3H3. The second kappa shape index (κ2) is 6.00. The smallest absolute Gasteiger partial charge is 0.328 e. The van der Waals surface area contributed by atoms with Gasteiger partial charge < -0.3 is 14.7 Å². The van der Waals surface area contributed by atoms with Gasteiger partial charge in [0.2, 0.25) is 5.91 Å². The van der Waals surface area contributed by atoms with Gasteiger partial charge >= 0.3 is 5.97 Å². The summed E-state index contributed by atoms with van der Waals surface area (Å²) in [5.41, 5.74) is 0. The van der Waals surface area contributed by atoms with E-state index in [0.717, 1.165) is 6.42 Å². The number of nitrogens with zero attached hydrogens (tertiary/aromatic N) is 1. The van der Waals surface area contributed by atoms with Crippen LogP contribution in [0.2, 0.25) is 0 Å². The van der Waals surface area contributed by atoms with E-state index in [9.17, 15) is 14.7 Å². The van der Waals surface area contributed by atoms with Crippen molar-refractivity contribution < 1.29 is 19.4 Å². The number of aliphatic hydroxyl groups excluding tert-OH is 1. The number of rotatable bonds is 4. The Hall–Kier alpha value is -1.10. The number of likely N-dealkylation sites (tertiary alicyclic amines) is 1. The van der Waals surface area contributed by atoms with E-state index in [1.807, 2.05) is 13.8 Å². The molecule has 1 aliphatic rings. The quantitative estimate of drug-likeness (QED) is 0.733. The molecule has 17 heavy (non-hydrogen) atoms. The van der Waals surface area contributed by atoms with Crippen LogP contribution in [0, 0.1) is 5.92 Å². The number of esters is 1. The number of ether oxygens (including phenoxy) is 1. The predicted octanol–water partition coefficient (Wildman–Crippen LogP) is 0.557. The van der Waals surface area contributed by atoms with Gasteiger partial charge in [-0.2, -0.15) is 0 Å². The van der Waals surface area contributed by atoms with E-state index < -0.39 is 18.1 Å². The summed E-state index contributed by atoms with van der Waals surface area (Å²) in [5, 5.41) is 9.54. The third-order valence-electron chi connectivity index (χ3n) is 3.01. The monoisotopic (exact) mass is 243 g/mol. The van der Waals surface area contributed by atoms with E-state index in [1.165, 1.54) is 12.0 Å². The van der Waals surface area contributed by atoms with Crippen LogP contribution in [0.4, 0.5) is 0 Å². The molecular weight excluding hydrogens is 222 g/mol. The first-order valence-corrected chi connectivity index (χ1v) is 6.01. The maximum absolute atomic E-state index is 11.9. The summed E-state index contributed by atoms with van der Waals surface area (Å²) in [6.07, 6.45) is 0.860. The average molecular weight is 243 g/mol. The molecule has 1 amide bonds. The van der Waals surface area contributed by atoms with Crippen molar-refractivity contribution in [3.63, 3.8) is 0 Å². The van der Waals surface area contributed by atoms with Crippen molar-refractivity contribution in [3.05, 3.63) is 0 Å². The third-order valence-corrected chi connectivity index (χ3v) is 3.01. The van der Waals surface area contributed by atoms with Crippen LogP contribution < -0.4 is 0 Å². The van der Waals surface area contributed by atoms with Crippen molar-refractivity contribution in [1.82, 2.24) is 4.90 Å². The van der Waals surface area contributed by atoms with E-state index in [-0.39, 0.29) is 18.9 Å². The minimum absolute atomic E-state index is 0.0781. The molecule has 1 fully saturated rings. The second-order valence-electron chi connectivity index (χ2n) is 4.91. The van der Waals surface area contributed by atoms with Crippen LogP contribution in [0.5, 0.6) is 0 Å². The summed E-state index contributed by atoms with van der Waals surface area (Å²) in [6.45, 7) is 4.32. The molecule has 5 heteroatoms. The fraction of sp³-hybridized carbons (Fsp3) is 0.833. The zero-order chi connectivity index (χ0) is 13.0. The van der Waals surface area contributed by atoms with Crippen molar-refractivity contribution in [2.75, 3.05) is 13.7 Å². The van der Waals surface area contributed by atoms with E-state index >= 15 is 0 Å². The van der Waals surface area contributed by atoms with E-state index in [2.05, 4.69) is 4.74 Å². The molecular formula is C12H21NO4. The fourth-order valence-corrected chi connectivity index (χ4v) is 2.00. The van der Waals surface area contributed by atoms with Crippen molar-refractivity contribution in [2.45, 2.75) is 45.3 Å². The van der Waals surface area contributed by atoms with Crippen molar-refractivity contribution in [2.24, 2.45) is 5.92 Å². The molecule has 0 radical (unpaired) electrons. The summed E-state index contributed by atoms with van der Waals surface area (Å²) < 4.78 is 4.64. The van der Waals surface area contributed by atoms with Gasteiger partial charge in [0.05, 0.1) is 13.2 Å². The number of aliphatic hydroxyl groups is 1. The number of hydrogen-bond donors (Lipinski definition) is 1. The number of carbonyl (C=O) groups excluding carboxylic acids is 2. The van der Waals surface area contributed by atoms with Crippen molar-refractivity contribution in [1.29, 1.82) is 0 Å². The van der Waals surface area contributed by atoms with Crippen LogP contribution in [-0.2, 0) is 14.3 Å². The molecule has 0 aromatic heterocycles. The molecule has 0 spiro atoms. The molecule has 1 aliphatic heterocycles. The maximum atomic E-state index is 11.9. The van der Waals surface area contributed by atoms with Gasteiger partial charge in [-0.25, -0.2) is 4.79 Å². The number of methoxy groups -OCH3 is 1. The van der Waals surface area contributed by atoms with E-state index in [4.69, 9.17) is 0 Å². The highest BCUT2D eigenvalue weighted by Crippen LogP contribution is 2.21. The van der Waals surface area contributed by atoms with Gasteiger partial charge in [0, 0.05) is 19.4 Å². The Balaban J connectivity index is 2.60. The Morgan fingerprint density at radius 2 is 2.12 bits per heavy atom. The Labute approximate surface area is 102 Å². The molecule has 1 heterocycles. The summed E-state index contributed by atoms with van der Waals surface area (Å²) in [7, 11) is 1.30. The lowest BCUT2D eigenvalue weighted by Crippen LogP contribution is -2.41. The second-order valence-corrected chi connectivity index (χ2v) is 4.91. The Bertz CT molecular complexity index is 290. The van der Waals surface area contributed by atoms with Crippen LogP contribution in [0.15, 0.2) is 0 Å². The molecule has 98 valence electrons. The first kappa shape index (κ1) is 14.0. The van der Waals surface area contributed by atoms with Gasteiger partial charge in [-0.15, -0.1) is 0 Å². The molecule has 1 rings (SSSR count). The molecule has 1 saturated heterocycles. The molecule has 1 N–H and O–H groups in total. The van der Waals surface area contributed by atoms with Gasteiger partial charge in [-0.1, -0.05) is 13.8 Å². The Morgan fingerprint density at radius 1 is 1.47 bits per heavy atom. The summed E-state index contributed by atoms with van der Waals surface area (Å²) in [5.74, 6) is -0.0758. The molecule has 0 aromatic rings. The fourth-order valence-electron chi connectivity index (χ4n) is 2.00. The zero-order valence-corrected chi connectivity index (χ0v) is 10.7. The molecule has 0 aliphatic carbocycles. The first-order chi connectivity index (χ1) is 7.95. The molecule has 0 aromatic carbocycles. The lowest BCUT2D eigenvalue weighted by molar-refractivity contribution is -0.151. The van der Waals surface area contributed by atoms with Gasteiger partial charge in [-0.05, 0) is 12.3 Å². The SMILES string of the molecule is COC(=O)C1CC(O)CN1C(=O)CCC(C)C. The Kier molecular flexibility index (Phi) is 4.93. The van der Waals surface area contributed by atoms with E-state index in [0.29, 0.717) is 12.3 Å². The summed E-state index contributed by atoms with van der Waals surface area (Å²) in [6, 6.07) is -0.616. The Morgan fingerprint density at radius 3 is 2.65 bits per heavy atom. The maximum Gasteiger partial charge on any atom is 0.328 e. The third kappa shape index (κ3) is 3.70. The lowest BCUT2D eigenvalue weighted by atomic mass is 10.1. The number of carbonyl (C=O) groups is 2. The molecule has 0 saturated carbocycles. The molecule has 2 unspecified atom stereocenters. The van der Waals surface area contributed by atoms with Crippen LogP contribution in [0.25, 0.3) is 0 Å². The summed E-state index contributed by atoms with van der Waals surface area (Å²) >= 11 is 0. The van der Waals surface area contributed by atoms with Gasteiger partial charge in [0.25, 0.3) is 0 Å². The highest BCUT2D eigenvalue weighted by Gasteiger charge is 2.39.